The van der Waals surface area contributed by atoms with Crippen LogP contribution in [-0.2, 0) is 6.18 Å². The Morgan fingerprint density at radius 3 is 2.30 bits per heavy atom. The molecule has 0 bridgehead atoms. The zero-order chi connectivity index (χ0) is 15.1. The first-order chi connectivity index (χ1) is 9.27. The molecule has 0 amide bonds. The quantitative estimate of drug-likeness (QED) is 0.876. The zero-order valence-corrected chi connectivity index (χ0v) is 12.0. The van der Waals surface area contributed by atoms with Crippen molar-refractivity contribution in [1.82, 2.24) is 9.88 Å². The molecule has 2 rings (SSSR count). The van der Waals surface area contributed by atoms with Crippen molar-refractivity contribution in [2.45, 2.75) is 39.0 Å². The molecule has 0 saturated heterocycles. The monoisotopic (exact) mass is 284 g/mol. The third-order valence-electron chi connectivity index (χ3n) is 3.64. The van der Waals surface area contributed by atoms with Crippen LogP contribution in [0.3, 0.4) is 0 Å². The van der Waals surface area contributed by atoms with E-state index in [1.165, 1.54) is 6.07 Å². The van der Waals surface area contributed by atoms with Gasteiger partial charge in [-0.05, 0) is 39.4 Å². The van der Waals surface area contributed by atoms with Crippen molar-refractivity contribution in [2.24, 2.45) is 0 Å². The molecule has 110 valence electrons. The van der Waals surface area contributed by atoms with E-state index in [0.29, 0.717) is 5.39 Å². The van der Waals surface area contributed by atoms with Crippen LogP contribution in [0.5, 0.6) is 0 Å². The maximum Gasteiger partial charge on any atom is 0.418 e. The minimum absolute atomic E-state index is 0.000911. The highest BCUT2D eigenvalue weighted by atomic mass is 19.4. The van der Waals surface area contributed by atoms with Gasteiger partial charge >= 0.3 is 6.18 Å². The van der Waals surface area contributed by atoms with Gasteiger partial charge in [-0.1, -0.05) is 12.1 Å². The van der Waals surface area contributed by atoms with Crippen molar-refractivity contribution < 1.29 is 13.2 Å². The summed E-state index contributed by atoms with van der Waals surface area (Å²) in [6, 6.07) is 4.35. The molecule has 0 radical (unpaired) electrons. The topological polar surface area (TPSA) is 17.0 Å². The third kappa shape index (κ3) is 2.42. The number of hydrogen-bond donors (Lipinski definition) is 1. The molecule has 5 heteroatoms. The number of aromatic nitrogens is 1. The summed E-state index contributed by atoms with van der Waals surface area (Å²) >= 11 is 0. The van der Waals surface area contributed by atoms with Gasteiger partial charge in [0, 0.05) is 23.7 Å². The molecule has 0 fully saturated rings. The van der Waals surface area contributed by atoms with Gasteiger partial charge in [0.15, 0.2) is 0 Å². The van der Waals surface area contributed by atoms with E-state index in [4.69, 9.17) is 0 Å². The number of nitrogens with zero attached hydrogens (tertiary/aromatic N) is 1. The standard InChI is InChI=1S/C15H19F3N2/c1-9(2)20-8-12(10(3)19-4)11-6-5-7-13(14(11)20)15(16,17)18/h5-10,19H,1-4H3. The van der Waals surface area contributed by atoms with Crippen molar-refractivity contribution in [3.8, 4) is 0 Å². The van der Waals surface area contributed by atoms with Crippen LogP contribution in [0.2, 0.25) is 0 Å². The molecule has 1 atom stereocenters. The average Bonchev–Trinajstić information content (AvgIpc) is 2.76. The van der Waals surface area contributed by atoms with Gasteiger partial charge in [0.25, 0.3) is 0 Å². The molecule has 2 nitrogen and oxygen atoms in total. The van der Waals surface area contributed by atoms with E-state index in [2.05, 4.69) is 5.32 Å². The Kier molecular flexibility index (Phi) is 3.82. The number of rotatable bonds is 3. The molecular formula is C15H19F3N2. The van der Waals surface area contributed by atoms with Gasteiger partial charge in [-0.25, -0.2) is 0 Å². The molecule has 1 N–H and O–H groups in total. The molecule has 0 aliphatic heterocycles. The van der Waals surface area contributed by atoms with Gasteiger partial charge in [-0.2, -0.15) is 13.2 Å². The van der Waals surface area contributed by atoms with Crippen LogP contribution in [0.4, 0.5) is 13.2 Å². The van der Waals surface area contributed by atoms with E-state index < -0.39 is 11.7 Å². The molecule has 1 aromatic carbocycles. The highest BCUT2D eigenvalue weighted by molar-refractivity contribution is 5.88. The lowest BCUT2D eigenvalue weighted by Crippen LogP contribution is -2.11. The van der Waals surface area contributed by atoms with Gasteiger partial charge < -0.3 is 9.88 Å². The van der Waals surface area contributed by atoms with E-state index in [1.807, 2.05) is 27.0 Å². The van der Waals surface area contributed by atoms with E-state index in [1.54, 1.807) is 17.7 Å². The average molecular weight is 284 g/mol. The largest absolute Gasteiger partial charge is 0.418 e. The Balaban J connectivity index is 2.83. The Morgan fingerprint density at radius 2 is 1.80 bits per heavy atom. The summed E-state index contributed by atoms with van der Waals surface area (Å²) in [7, 11) is 1.80. The highest BCUT2D eigenvalue weighted by Crippen LogP contribution is 2.38. The lowest BCUT2D eigenvalue weighted by atomic mass is 10.0. The van der Waals surface area contributed by atoms with Crippen LogP contribution >= 0.6 is 0 Å². The second kappa shape index (κ2) is 5.13. The number of alkyl halides is 3. The molecule has 2 aromatic rings. The zero-order valence-electron chi connectivity index (χ0n) is 12.0. The van der Waals surface area contributed by atoms with Crippen LogP contribution in [0.25, 0.3) is 10.9 Å². The van der Waals surface area contributed by atoms with E-state index in [0.717, 1.165) is 11.6 Å². The summed E-state index contributed by atoms with van der Waals surface area (Å²) in [5.41, 5.74) is 0.590. The highest BCUT2D eigenvalue weighted by Gasteiger charge is 2.34. The fourth-order valence-corrected chi connectivity index (χ4v) is 2.48. The first-order valence-corrected chi connectivity index (χ1v) is 6.65. The third-order valence-corrected chi connectivity index (χ3v) is 3.64. The summed E-state index contributed by atoms with van der Waals surface area (Å²) < 4.78 is 41.4. The van der Waals surface area contributed by atoms with Gasteiger partial charge in [-0.15, -0.1) is 0 Å². The first-order valence-electron chi connectivity index (χ1n) is 6.65. The summed E-state index contributed by atoms with van der Waals surface area (Å²) in [6.45, 7) is 5.72. The molecular weight excluding hydrogens is 265 g/mol. The molecule has 0 aliphatic carbocycles. The van der Waals surface area contributed by atoms with Crippen LogP contribution in [0.1, 0.15) is 44.0 Å². The maximum absolute atomic E-state index is 13.2. The van der Waals surface area contributed by atoms with Crippen molar-refractivity contribution in [3.63, 3.8) is 0 Å². The molecule has 20 heavy (non-hydrogen) atoms. The van der Waals surface area contributed by atoms with Crippen molar-refractivity contribution in [2.75, 3.05) is 7.05 Å². The molecule has 1 heterocycles. The SMILES string of the molecule is CNC(C)c1cn(C(C)C)c2c(C(F)(F)F)cccc12. The van der Waals surface area contributed by atoms with E-state index in [9.17, 15) is 13.2 Å². The molecule has 0 aliphatic rings. The number of nitrogens with one attached hydrogen (secondary N) is 1. The molecule has 1 aromatic heterocycles. The Hall–Kier alpha value is -1.49. The molecule has 0 spiro atoms. The summed E-state index contributed by atoms with van der Waals surface area (Å²) in [5, 5.41) is 3.75. The van der Waals surface area contributed by atoms with Crippen LogP contribution in [-0.4, -0.2) is 11.6 Å². The first kappa shape index (κ1) is 14.9. The predicted molar refractivity (Wildman–Crippen MR) is 74.8 cm³/mol. The molecule has 0 saturated carbocycles. The smallest absolute Gasteiger partial charge is 0.344 e. The minimum atomic E-state index is -4.34. The number of para-hydroxylation sites is 1. The lowest BCUT2D eigenvalue weighted by molar-refractivity contribution is -0.136. The van der Waals surface area contributed by atoms with Crippen LogP contribution in [0.15, 0.2) is 24.4 Å². The summed E-state index contributed by atoms with van der Waals surface area (Å²) in [6.07, 6.45) is -2.52. The van der Waals surface area contributed by atoms with E-state index in [-0.39, 0.29) is 17.6 Å². The van der Waals surface area contributed by atoms with Crippen molar-refractivity contribution >= 4 is 10.9 Å². The Bertz CT molecular complexity index is 611. The normalized spacial score (nSPS) is 14.2. The summed E-state index contributed by atoms with van der Waals surface area (Å²) in [4.78, 5) is 0. The molecule has 1 unspecified atom stereocenters. The lowest BCUT2D eigenvalue weighted by Gasteiger charge is -2.14. The predicted octanol–water partition coefficient (Wildman–Crippen LogP) is 4.52. The maximum atomic E-state index is 13.2. The van der Waals surface area contributed by atoms with E-state index >= 15 is 0 Å². The number of benzene rings is 1. The minimum Gasteiger partial charge on any atom is -0.344 e. The Labute approximate surface area is 116 Å². The number of hydrogen-bond acceptors (Lipinski definition) is 1. The van der Waals surface area contributed by atoms with Gasteiger partial charge in [-0.3, -0.25) is 0 Å². The van der Waals surface area contributed by atoms with Crippen molar-refractivity contribution in [3.05, 3.63) is 35.5 Å². The number of fused-ring (bicyclic) bond motifs is 1. The fraction of sp³-hybridized carbons (Fsp3) is 0.467. The van der Waals surface area contributed by atoms with Crippen LogP contribution < -0.4 is 5.32 Å². The van der Waals surface area contributed by atoms with Crippen molar-refractivity contribution in [1.29, 1.82) is 0 Å². The second-order valence-corrected chi connectivity index (χ2v) is 5.30. The van der Waals surface area contributed by atoms with Gasteiger partial charge in [0.05, 0.1) is 11.1 Å². The fourth-order valence-electron chi connectivity index (χ4n) is 2.48. The second-order valence-electron chi connectivity index (χ2n) is 5.30. The Morgan fingerprint density at radius 1 is 1.15 bits per heavy atom. The van der Waals surface area contributed by atoms with Gasteiger partial charge in [0.2, 0.25) is 0 Å². The summed E-state index contributed by atoms with van der Waals surface area (Å²) in [5.74, 6) is 0. The number of halogens is 3. The van der Waals surface area contributed by atoms with Crippen LogP contribution in [0, 0.1) is 0 Å². The van der Waals surface area contributed by atoms with Gasteiger partial charge in [0.1, 0.15) is 0 Å².